The first kappa shape index (κ1) is 36.0. The number of hydrogen-bond donors (Lipinski definition) is 7. The van der Waals surface area contributed by atoms with E-state index in [1.54, 1.807) is 72.4 Å². The lowest BCUT2D eigenvalue weighted by Gasteiger charge is -2.37. The molecule has 0 spiro atoms. The van der Waals surface area contributed by atoms with Crippen LogP contribution in [0.5, 0.6) is 0 Å². The number of ether oxygens (including phenoxy) is 1. The van der Waals surface area contributed by atoms with Crippen LogP contribution in [0, 0.1) is 5.92 Å². The molecule has 8 atom stereocenters. The number of nitrogens with one attached hydrogen (secondary N) is 1. The quantitative estimate of drug-likeness (QED) is 0.104. The van der Waals surface area contributed by atoms with Crippen LogP contribution >= 0.6 is 0 Å². The molecule has 0 radical (unpaired) electrons. The molecule has 1 saturated heterocycles. The molecule has 3 heterocycles. The zero-order valence-electron chi connectivity index (χ0n) is 27.8. The van der Waals surface area contributed by atoms with E-state index in [9.17, 15) is 40.2 Å². The highest BCUT2D eigenvalue weighted by molar-refractivity contribution is 6.07. The number of anilines is 2. The van der Waals surface area contributed by atoms with Crippen LogP contribution in [0.25, 0.3) is 0 Å². The monoisotopic (exact) mass is 699 g/mol. The third-order valence-electron chi connectivity index (χ3n) is 9.46. The zero-order valence-corrected chi connectivity index (χ0v) is 27.8. The van der Waals surface area contributed by atoms with Crippen LogP contribution in [0.3, 0.4) is 0 Å². The number of benzene rings is 3. The van der Waals surface area contributed by atoms with Crippen molar-refractivity contribution in [2.45, 2.75) is 68.7 Å². The Kier molecular flexibility index (Phi) is 10.7. The van der Waals surface area contributed by atoms with Crippen LogP contribution in [0.2, 0.25) is 0 Å². The van der Waals surface area contributed by atoms with Crippen molar-refractivity contribution in [1.82, 2.24) is 15.0 Å². The van der Waals surface area contributed by atoms with E-state index in [1.807, 2.05) is 36.4 Å². The van der Waals surface area contributed by atoms with Gasteiger partial charge in [0.05, 0.1) is 30.5 Å². The summed E-state index contributed by atoms with van der Waals surface area (Å²) in [6.07, 6.45) is -2.80. The van der Waals surface area contributed by atoms with Gasteiger partial charge in [0.25, 0.3) is 11.8 Å². The van der Waals surface area contributed by atoms with E-state index >= 15 is 0 Å². The molecule has 2 aliphatic rings. The fourth-order valence-electron chi connectivity index (χ4n) is 6.56. The normalized spacial score (nSPS) is 25.9. The molecule has 4 aromatic rings. The highest BCUT2D eigenvalue weighted by atomic mass is 16.6. The predicted octanol–water partition coefficient (Wildman–Crippen LogP) is 1.16. The molecule has 3 aromatic carbocycles. The lowest BCUT2D eigenvalue weighted by molar-refractivity contribution is -0.274. The Morgan fingerprint density at radius 1 is 1.00 bits per heavy atom. The molecule has 1 unspecified atom stereocenters. The number of aryl methyl sites for hydroxylation is 1. The summed E-state index contributed by atoms with van der Waals surface area (Å²) in [5.41, 5.74) is 1.69. The molecule has 0 aliphatic carbocycles. The van der Waals surface area contributed by atoms with Crippen LogP contribution in [-0.4, -0.2) is 94.8 Å². The molecule has 0 bridgehead atoms. The summed E-state index contributed by atoms with van der Waals surface area (Å²) in [5.74, 6) is -2.25. The first-order chi connectivity index (χ1) is 24.5. The van der Waals surface area contributed by atoms with Crippen LogP contribution in [-0.2, 0) is 33.0 Å². The summed E-state index contributed by atoms with van der Waals surface area (Å²) in [4.78, 5) is 28.4. The Morgan fingerprint density at radius 2 is 1.75 bits per heavy atom. The molecule has 6 rings (SSSR count). The molecular formula is C37H41N5O9. The van der Waals surface area contributed by atoms with Crippen LogP contribution < -0.4 is 10.2 Å². The first-order valence-electron chi connectivity index (χ1n) is 16.7. The van der Waals surface area contributed by atoms with Crippen molar-refractivity contribution in [2.75, 3.05) is 16.8 Å². The van der Waals surface area contributed by atoms with Crippen LogP contribution in [0.1, 0.15) is 41.6 Å². The largest absolute Gasteiger partial charge is 0.395 e. The number of para-hydroxylation sites is 1. The second-order valence-corrected chi connectivity index (χ2v) is 12.8. The molecule has 2 aliphatic heterocycles. The van der Waals surface area contributed by atoms with Crippen molar-refractivity contribution in [3.8, 4) is 0 Å². The van der Waals surface area contributed by atoms with Gasteiger partial charge >= 0.3 is 0 Å². The summed E-state index contributed by atoms with van der Waals surface area (Å²) >= 11 is 0. The highest BCUT2D eigenvalue weighted by Crippen LogP contribution is 2.45. The lowest BCUT2D eigenvalue weighted by atomic mass is 9.83. The van der Waals surface area contributed by atoms with Crippen LogP contribution in [0.15, 0.2) is 97.2 Å². The Morgan fingerprint density at radius 3 is 2.51 bits per heavy atom. The average molecular weight is 700 g/mol. The third kappa shape index (κ3) is 7.21. The minimum Gasteiger partial charge on any atom is -0.395 e. The van der Waals surface area contributed by atoms with Crippen molar-refractivity contribution >= 4 is 23.2 Å². The van der Waals surface area contributed by atoms with Gasteiger partial charge in [-0.1, -0.05) is 85.0 Å². The van der Waals surface area contributed by atoms with Gasteiger partial charge in [-0.2, -0.15) is 0 Å². The lowest BCUT2D eigenvalue weighted by Crippen LogP contribution is -2.60. The second-order valence-electron chi connectivity index (χ2n) is 12.8. The maximum atomic E-state index is 14.0. The van der Waals surface area contributed by atoms with E-state index in [4.69, 9.17) is 4.74 Å². The van der Waals surface area contributed by atoms with Crippen molar-refractivity contribution in [1.29, 1.82) is 0 Å². The fraction of sp³-hybridized carbons (Fsp3) is 0.351. The van der Waals surface area contributed by atoms with Crippen molar-refractivity contribution in [2.24, 2.45) is 5.92 Å². The van der Waals surface area contributed by atoms with E-state index in [2.05, 4.69) is 15.6 Å². The molecule has 1 aromatic heterocycles. The number of nitrogens with zero attached hydrogens (tertiary/aromatic N) is 4. The molecular weight excluding hydrogens is 658 g/mol. The maximum absolute atomic E-state index is 14.0. The summed E-state index contributed by atoms with van der Waals surface area (Å²) in [5, 5.41) is 72.7. The van der Waals surface area contributed by atoms with Gasteiger partial charge in [-0.3, -0.25) is 14.3 Å². The number of carbonyl (C=O) groups is 2. The molecule has 1 fully saturated rings. The maximum Gasteiger partial charge on any atom is 0.264 e. The van der Waals surface area contributed by atoms with Gasteiger partial charge in [-0.25, -0.2) is 0 Å². The van der Waals surface area contributed by atoms with Crippen molar-refractivity contribution in [3.05, 3.63) is 120 Å². The number of fused-ring (bicyclic) bond motifs is 1. The number of hydrogen-bond acceptors (Lipinski definition) is 11. The molecule has 14 nitrogen and oxygen atoms in total. The zero-order chi connectivity index (χ0) is 36.3. The Labute approximate surface area is 293 Å². The average Bonchev–Trinajstić information content (AvgIpc) is 3.69. The minimum absolute atomic E-state index is 0.0664. The third-order valence-corrected chi connectivity index (χ3v) is 9.46. The van der Waals surface area contributed by atoms with E-state index < -0.39 is 54.0 Å². The van der Waals surface area contributed by atoms with Gasteiger partial charge in [-0.15, -0.1) is 5.10 Å². The van der Waals surface area contributed by atoms with Gasteiger partial charge in [0.15, 0.2) is 18.0 Å². The van der Waals surface area contributed by atoms with Gasteiger partial charge < -0.3 is 45.6 Å². The summed E-state index contributed by atoms with van der Waals surface area (Å²) in [6, 6.07) is 23.2. The Bertz CT molecular complexity index is 1870. The smallest absolute Gasteiger partial charge is 0.264 e. The minimum atomic E-state index is -1.87. The number of amides is 2. The first-order valence-corrected chi connectivity index (χ1v) is 16.7. The van der Waals surface area contributed by atoms with Crippen LogP contribution in [0.4, 0.5) is 11.4 Å². The van der Waals surface area contributed by atoms with E-state index in [-0.39, 0.29) is 19.1 Å². The molecule has 7 N–H and O–H groups in total. The van der Waals surface area contributed by atoms with E-state index in [1.165, 1.54) is 4.90 Å². The van der Waals surface area contributed by atoms with E-state index in [0.717, 1.165) is 5.56 Å². The molecule has 2 amide bonds. The van der Waals surface area contributed by atoms with Gasteiger partial charge in [-0.05, 0) is 35.7 Å². The van der Waals surface area contributed by atoms with Gasteiger partial charge in [0.1, 0.15) is 18.3 Å². The summed E-state index contributed by atoms with van der Waals surface area (Å²) in [6.45, 7) is 2.24. The number of aliphatic hydroxyl groups excluding tert-OH is 5. The standard InChI is InChI=1S/C37H41N5O9/c1-22(10-7-8-17-41-20-28(39-40-41)26(21-43)24-12-3-2-4-13-24)37(50)27-15-5-6-16-29(27)42(36(37)49)19-23-11-9-14-25(18-23)38-34(47)33-31(45)30(44)32(46)35(48)51-33/h2-7,9-16,18,20,22,26,30-33,35,43-46,48,50H,8,17,19,21H2,1H3,(H,38,47)/b10-7+/t22-,26?,30-,31-,32+,33-,35+,37+/m0/s1. The number of allylic oxidation sites excluding steroid dienone is 1. The summed E-state index contributed by atoms with van der Waals surface area (Å²) < 4.78 is 6.71. The van der Waals surface area contributed by atoms with Crippen molar-refractivity contribution in [3.63, 3.8) is 0 Å². The van der Waals surface area contributed by atoms with Crippen molar-refractivity contribution < 1.29 is 45.0 Å². The topological polar surface area (TPSA) is 211 Å². The van der Waals surface area contributed by atoms with Gasteiger partial charge in [0.2, 0.25) is 0 Å². The summed E-state index contributed by atoms with van der Waals surface area (Å²) in [7, 11) is 0. The van der Waals surface area contributed by atoms with Gasteiger partial charge in [0, 0.05) is 29.9 Å². The Hall–Kier alpha value is -4.80. The number of aromatic nitrogens is 3. The van der Waals surface area contributed by atoms with E-state index in [0.29, 0.717) is 41.2 Å². The number of rotatable bonds is 12. The fourth-order valence-corrected chi connectivity index (χ4v) is 6.56. The Balaban J connectivity index is 1.11. The second kappa shape index (κ2) is 15.2. The molecule has 0 saturated carbocycles. The highest BCUT2D eigenvalue weighted by Gasteiger charge is 2.52. The number of aliphatic hydroxyl groups is 6. The number of carbonyl (C=O) groups excluding carboxylic acids is 2. The SMILES string of the molecule is C[C@@H](/C=C/CCn1cc(C(CO)c2ccccc2)nn1)[C@]1(O)C(=O)N(Cc2cccc(NC(=O)[C@H]3O[C@@H](O)[C@H](O)[C@@H](O)[C@@H]3O)c2)c2ccccc21. The molecule has 14 heteroatoms. The predicted molar refractivity (Wildman–Crippen MR) is 184 cm³/mol. The molecule has 51 heavy (non-hydrogen) atoms. The molecule has 268 valence electrons.